The molecule has 0 aromatic rings. The topological polar surface area (TPSA) is 86.7 Å². The third-order valence-corrected chi connectivity index (χ3v) is 4.55. The van der Waals surface area contributed by atoms with E-state index in [1.54, 1.807) is 12.3 Å². The highest BCUT2D eigenvalue weighted by molar-refractivity contribution is 8.00. The van der Waals surface area contributed by atoms with Crippen LogP contribution in [-0.2, 0) is 14.3 Å². The normalized spacial score (nSPS) is 30.6. The molecule has 2 unspecified atom stereocenters. The molecule has 2 aliphatic rings. The molecule has 0 saturated carbocycles. The summed E-state index contributed by atoms with van der Waals surface area (Å²) in [6.07, 6.45) is 2.81. The summed E-state index contributed by atoms with van der Waals surface area (Å²) in [6, 6.07) is 0. The zero-order valence-corrected chi connectivity index (χ0v) is 12.6. The Morgan fingerprint density at radius 3 is 2.75 bits per heavy atom. The Labute approximate surface area is 126 Å². The zero-order valence-electron chi connectivity index (χ0n) is 11.0. The van der Waals surface area contributed by atoms with Crippen LogP contribution in [0.25, 0.3) is 0 Å². The fraction of sp³-hybridized carbons (Fsp3) is 0.545. The molecule has 3 atom stereocenters. The minimum absolute atomic E-state index is 0. The number of thioether (sulfide) groups is 1. The molecule has 9 heteroatoms. The van der Waals surface area contributed by atoms with Gasteiger partial charge < -0.3 is 19.5 Å². The van der Waals surface area contributed by atoms with Gasteiger partial charge in [-0.1, -0.05) is 11.8 Å². The maximum absolute atomic E-state index is 12.0. The van der Waals surface area contributed by atoms with Crippen LogP contribution in [0.4, 0.5) is 4.79 Å². The molecular weight excluding hydrogens is 308 g/mol. The van der Waals surface area contributed by atoms with Crippen molar-refractivity contribution < 1.29 is 28.7 Å². The highest BCUT2D eigenvalue weighted by atomic mass is 35.5. The summed E-state index contributed by atoms with van der Waals surface area (Å²) >= 11 is 1.35. The third kappa shape index (κ3) is 2.50. The van der Waals surface area contributed by atoms with Crippen molar-refractivity contribution in [3.63, 3.8) is 0 Å². The van der Waals surface area contributed by atoms with Crippen LogP contribution in [0.5, 0.6) is 0 Å². The van der Waals surface area contributed by atoms with Crippen molar-refractivity contribution in [2.24, 2.45) is 5.92 Å². The molecule has 1 saturated heterocycles. The Balaban J connectivity index is 0.00000200. The molecule has 0 spiro atoms. The lowest BCUT2D eigenvalue weighted by Gasteiger charge is -2.51. The lowest BCUT2D eigenvalue weighted by molar-refractivity contribution is -0.866. The van der Waals surface area contributed by atoms with Gasteiger partial charge in [-0.05, 0) is 6.08 Å². The van der Waals surface area contributed by atoms with Crippen molar-refractivity contribution >= 4 is 42.1 Å². The molecule has 0 aliphatic carbocycles. The van der Waals surface area contributed by atoms with Crippen LogP contribution in [-0.4, -0.2) is 59.3 Å². The maximum Gasteiger partial charge on any atom is 0.413 e. The molecule has 0 radical (unpaired) electrons. The van der Waals surface area contributed by atoms with E-state index in [2.05, 4.69) is 0 Å². The average molecular weight is 323 g/mol. The van der Waals surface area contributed by atoms with Crippen LogP contribution in [0.1, 0.15) is 0 Å². The standard InChI is InChI=1S/C11H14N2O5S.ClH/c1-12(2)11(17)18-6-13-4-3-5-19-9(13)7(8(13)14)10(15)16;/h3-4,7,9H,5-6H2,1-2H3;1H/t7?,9-,13?;/m0./s1. The summed E-state index contributed by atoms with van der Waals surface area (Å²) in [5.41, 5.74) is 0. The number of amides is 2. The molecule has 0 aromatic carbocycles. The maximum atomic E-state index is 12.0. The van der Waals surface area contributed by atoms with Gasteiger partial charge in [-0.25, -0.2) is 9.59 Å². The minimum atomic E-state index is -1.37. The molecule has 2 heterocycles. The van der Waals surface area contributed by atoms with Crippen LogP contribution >= 0.6 is 24.2 Å². The smallest absolute Gasteiger partial charge is 0.413 e. The molecule has 0 N–H and O–H groups in total. The molecule has 0 aromatic heterocycles. The molecule has 2 amide bonds. The van der Waals surface area contributed by atoms with E-state index < -0.39 is 29.3 Å². The summed E-state index contributed by atoms with van der Waals surface area (Å²) in [4.78, 5) is 35.6. The van der Waals surface area contributed by atoms with Crippen LogP contribution in [0.2, 0.25) is 0 Å². The van der Waals surface area contributed by atoms with Gasteiger partial charge in [0.1, 0.15) is 6.20 Å². The van der Waals surface area contributed by atoms with Gasteiger partial charge in [-0.2, -0.15) is 4.48 Å². The van der Waals surface area contributed by atoms with Gasteiger partial charge in [0.2, 0.25) is 6.73 Å². The number of carbonyl (C=O) groups is 3. The second-order valence-electron chi connectivity index (χ2n) is 4.61. The number of carboxylic acid groups (broad SMARTS) is 1. The molecule has 1 fully saturated rings. The number of quaternary nitrogens is 1. The number of halogens is 1. The van der Waals surface area contributed by atoms with Crippen molar-refractivity contribution in [1.29, 1.82) is 0 Å². The minimum Gasteiger partial charge on any atom is -0.549 e. The Kier molecular flexibility index (Phi) is 5.06. The van der Waals surface area contributed by atoms with Gasteiger partial charge in [0.05, 0.1) is 5.97 Å². The number of β-lactam (4-membered cyclic amide) rings is 1. The summed E-state index contributed by atoms with van der Waals surface area (Å²) in [5.74, 6) is -2.37. The van der Waals surface area contributed by atoms with Crippen LogP contribution in [0, 0.1) is 5.92 Å². The van der Waals surface area contributed by atoms with Crippen molar-refractivity contribution in [2.75, 3.05) is 26.6 Å². The number of fused-ring (bicyclic) bond motifs is 1. The van der Waals surface area contributed by atoms with Gasteiger partial charge >= 0.3 is 12.0 Å². The fourth-order valence-corrected chi connectivity index (χ4v) is 3.47. The molecule has 20 heavy (non-hydrogen) atoms. The second-order valence-corrected chi connectivity index (χ2v) is 5.76. The highest BCUT2D eigenvalue weighted by Gasteiger charge is 2.65. The van der Waals surface area contributed by atoms with E-state index in [1.807, 2.05) is 0 Å². The number of carbonyl (C=O) groups excluding carboxylic acids is 3. The number of nitrogens with zero attached hydrogens (tertiary/aromatic N) is 2. The predicted molar refractivity (Wildman–Crippen MR) is 71.4 cm³/mol. The van der Waals surface area contributed by atoms with E-state index in [9.17, 15) is 19.5 Å². The lowest BCUT2D eigenvalue weighted by atomic mass is 9.95. The number of hydrogen-bond donors (Lipinski definition) is 0. The highest BCUT2D eigenvalue weighted by Crippen LogP contribution is 2.45. The Morgan fingerprint density at radius 1 is 1.55 bits per heavy atom. The number of carboxylic acids is 1. The summed E-state index contributed by atoms with van der Waals surface area (Å²) in [7, 11) is 3.06. The van der Waals surface area contributed by atoms with Gasteiger partial charge in [0.25, 0.3) is 0 Å². The molecule has 112 valence electrons. The van der Waals surface area contributed by atoms with Gasteiger partial charge in [-0.3, -0.25) is 0 Å². The molecule has 7 nitrogen and oxygen atoms in total. The SMILES string of the molecule is CN(C)C(=O)OC[N+]12C=CCS[C@H]1C(C(=O)[O-])C2=O.Cl. The van der Waals surface area contributed by atoms with Crippen LogP contribution in [0.3, 0.4) is 0 Å². The van der Waals surface area contributed by atoms with E-state index in [4.69, 9.17) is 4.74 Å². The molecular formula is C11H15ClN2O5S. The first-order valence-electron chi connectivity index (χ1n) is 5.66. The molecule has 2 rings (SSSR count). The first-order valence-corrected chi connectivity index (χ1v) is 6.71. The lowest BCUT2D eigenvalue weighted by Crippen LogP contribution is -2.75. The van der Waals surface area contributed by atoms with Crippen molar-refractivity contribution in [2.45, 2.75) is 5.37 Å². The van der Waals surface area contributed by atoms with Crippen LogP contribution in [0.15, 0.2) is 12.3 Å². The number of aliphatic carboxylic acids is 1. The monoisotopic (exact) mass is 322 g/mol. The molecule has 2 aliphatic heterocycles. The van der Waals surface area contributed by atoms with Gasteiger partial charge in [-0.15, -0.1) is 12.4 Å². The van der Waals surface area contributed by atoms with E-state index in [1.165, 1.54) is 30.8 Å². The van der Waals surface area contributed by atoms with Crippen LogP contribution < -0.4 is 5.11 Å². The third-order valence-electron chi connectivity index (χ3n) is 3.17. The number of ether oxygens (including phenoxy) is 1. The van der Waals surface area contributed by atoms with Crippen molar-refractivity contribution in [1.82, 2.24) is 4.90 Å². The van der Waals surface area contributed by atoms with Crippen molar-refractivity contribution in [3.8, 4) is 0 Å². The van der Waals surface area contributed by atoms with E-state index >= 15 is 0 Å². The largest absolute Gasteiger partial charge is 0.549 e. The second kappa shape index (κ2) is 6.02. The number of rotatable bonds is 3. The summed E-state index contributed by atoms with van der Waals surface area (Å²) in [5, 5.41) is 10.5. The van der Waals surface area contributed by atoms with E-state index in [-0.39, 0.29) is 23.6 Å². The first kappa shape index (κ1) is 16.8. The Morgan fingerprint density at radius 2 is 2.20 bits per heavy atom. The quantitative estimate of drug-likeness (QED) is 0.391. The average Bonchev–Trinajstić information content (AvgIpc) is 2.35. The van der Waals surface area contributed by atoms with Gasteiger partial charge in [0, 0.05) is 19.8 Å². The first-order chi connectivity index (χ1) is 8.90. The molecule has 0 bridgehead atoms. The zero-order chi connectivity index (χ0) is 14.2. The Hall–Kier alpha value is -1.25. The van der Waals surface area contributed by atoms with E-state index in [0.29, 0.717) is 5.75 Å². The predicted octanol–water partition coefficient (Wildman–Crippen LogP) is -0.626. The van der Waals surface area contributed by atoms with Gasteiger partial charge in [0.15, 0.2) is 11.3 Å². The number of hydrogen-bond acceptors (Lipinski definition) is 6. The summed E-state index contributed by atoms with van der Waals surface area (Å²) in [6.45, 7) is -0.187. The Bertz CT molecular complexity index is 470. The van der Waals surface area contributed by atoms with E-state index in [0.717, 1.165) is 0 Å². The summed E-state index contributed by atoms with van der Waals surface area (Å²) < 4.78 is 4.77. The van der Waals surface area contributed by atoms with Crippen molar-refractivity contribution in [3.05, 3.63) is 12.3 Å². The fourth-order valence-electron chi connectivity index (χ4n) is 2.15.